The van der Waals surface area contributed by atoms with Gasteiger partial charge in [-0.2, -0.15) is 0 Å². The molecule has 3 heterocycles. The molecule has 2 aromatic heterocycles. The molecule has 1 amide bonds. The molecular weight excluding hydrogens is 404 g/mol. The molecule has 1 aliphatic heterocycles. The first-order valence-corrected chi connectivity index (χ1v) is 11.4. The molecule has 0 bridgehead atoms. The summed E-state index contributed by atoms with van der Waals surface area (Å²) in [5, 5.41) is 6.12. The highest BCUT2D eigenvalue weighted by Crippen LogP contribution is 2.35. The zero-order chi connectivity index (χ0) is 20.4. The Labute approximate surface area is 178 Å². The summed E-state index contributed by atoms with van der Waals surface area (Å²) in [6.07, 6.45) is 0.867. The van der Waals surface area contributed by atoms with E-state index < -0.39 is 0 Å². The van der Waals surface area contributed by atoms with Crippen LogP contribution in [0, 0.1) is 12.8 Å². The topological polar surface area (TPSA) is 60.5 Å². The number of hydrogen-bond donors (Lipinski definition) is 1. The monoisotopic (exact) mass is 428 g/mol. The van der Waals surface area contributed by atoms with Gasteiger partial charge in [0, 0.05) is 6.42 Å². The lowest BCUT2D eigenvalue weighted by Crippen LogP contribution is -2.31. The van der Waals surface area contributed by atoms with Gasteiger partial charge in [0.15, 0.2) is 11.5 Å². The van der Waals surface area contributed by atoms with Crippen molar-refractivity contribution in [3.05, 3.63) is 51.8 Å². The second-order valence-corrected chi connectivity index (χ2v) is 9.31. The van der Waals surface area contributed by atoms with E-state index in [-0.39, 0.29) is 17.9 Å². The second-order valence-electron chi connectivity index (χ2n) is 7.36. The maximum atomic E-state index is 13.1. The van der Waals surface area contributed by atoms with Crippen molar-refractivity contribution in [1.29, 1.82) is 0 Å². The van der Waals surface area contributed by atoms with Crippen LogP contribution in [0.4, 0.5) is 0 Å². The number of aryl methyl sites for hydroxylation is 1. The molecule has 5 nitrogen and oxygen atoms in total. The molecule has 1 unspecified atom stereocenters. The highest BCUT2D eigenvalue weighted by molar-refractivity contribution is 7.22. The maximum absolute atomic E-state index is 13.1. The fourth-order valence-corrected chi connectivity index (χ4v) is 5.09. The fraction of sp³-hybridized carbons (Fsp3) is 0.364. The van der Waals surface area contributed by atoms with Crippen LogP contribution in [0.25, 0.3) is 9.88 Å². The number of thiophene rings is 1. The predicted molar refractivity (Wildman–Crippen MR) is 117 cm³/mol. The average molecular weight is 429 g/mol. The molecule has 29 heavy (non-hydrogen) atoms. The highest BCUT2D eigenvalue weighted by Gasteiger charge is 2.24. The highest BCUT2D eigenvalue weighted by atomic mass is 32.1. The van der Waals surface area contributed by atoms with Crippen molar-refractivity contribution in [1.82, 2.24) is 10.3 Å². The lowest BCUT2D eigenvalue weighted by molar-refractivity contribution is 0.0929. The summed E-state index contributed by atoms with van der Waals surface area (Å²) < 4.78 is 11.6. The molecule has 0 saturated carbocycles. The summed E-state index contributed by atoms with van der Waals surface area (Å²) in [4.78, 5) is 19.4. The number of fused-ring (bicyclic) bond motifs is 1. The van der Waals surface area contributed by atoms with E-state index in [1.807, 2.05) is 42.6 Å². The molecule has 0 saturated heterocycles. The smallest absolute Gasteiger partial charge is 0.263 e. The van der Waals surface area contributed by atoms with E-state index in [1.54, 1.807) is 11.3 Å². The van der Waals surface area contributed by atoms with E-state index in [0.717, 1.165) is 39.1 Å². The average Bonchev–Trinajstić information content (AvgIpc) is 3.30. The van der Waals surface area contributed by atoms with E-state index in [2.05, 4.69) is 24.1 Å². The SMILES string of the molecule is Cc1nc(-c2cccs2)sc1C(=O)NC(c1ccc2c(c1)OCCCO2)C(C)C. The zero-order valence-corrected chi connectivity index (χ0v) is 18.4. The Bertz CT molecular complexity index is 996. The van der Waals surface area contributed by atoms with Crippen LogP contribution < -0.4 is 14.8 Å². The Balaban J connectivity index is 1.58. The van der Waals surface area contributed by atoms with Crippen molar-refractivity contribution in [2.75, 3.05) is 13.2 Å². The van der Waals surface area contributed by atoms with E-state index in [1.165, 1.54) is 11.3 Å². The van der Waals surface area contributed by atoms with Gasteiger partial charge in [0.2, 0.25) is 0 Å². The van der Waals surface area contributed by atoms with Gasteiger partial charge in [0.1, 0.15) is 9.88 Å². The number of ether oxygens (including phenoxy) is 2. The van der Waals surface area contributed by atoms with Gasteiger partial charge in [-0.3, -0.25) is 4.79 Å². The van der Waals surface area contributed by atoms with Crippen molar-refractivity contribution >= 4 is 28.6 Å². The minimum absolute atomic E-state index is 0.0892. The van der Waals surface area contributed by atoms with Crippen LogP contribution in [0.1, 0.15) is 47.2 Å². The van der Waals surface area contributed by atoms with Crippen LogP contribution in [0.5, 0.6) is 11.5 Å². The third-order valence-corrected chi connectivity index (χ3v) is 7.01. The third-order valence-electron chi connectivity index (χ3n) is 4.82. The molecule has 1 aliphatic rings. The van der Waals surface area contributed by atoms with Gasteiger partial charge >= 0.3 is 0 Å². The molecule has 0 aliphatic carbocycles. The first kappa shape index (κ1) is 19.9. The van der Waals surface area contributed by atoms with Crippen LogP contribution in [0.15, 0.2) is 35.7 Å². The number of rotatable bonds is 5. The van der Waals surface area contributed by atoms with Gasteiger partial charge in [0.05, 0.1) is 29.8 Å². The number of nitrogens with one attached hydrogen (secondary N) is 1. The van der Waals surface area contributed by atoms with Crippen molar-refractivity contribution < 1.29 is 14.3 Å². The molecule has 3 aromatic rings. The molecule has 1 atom stereocenters. The van der Waals surface area contributed by atoms with Crippen LogP contribution >= 0.6 is 22.7 Å². The standard InChI is InChI=1S/C22H24N2O3S2/c1-13(2)19(15-7-8-16-17(12-15)27-10-5-9-26-16)24-21(25)20-14(3)23-22(29-20)18-6-4-11-28-18/h4,6-8,11-13,19H,5,9-10H2,1-3H3,(H,24,25). The van der Waals surface area contributed by atoms with Crippen LogP contribution in [-0.2, 0) is 0 Å². The number of thiazole rings is 1. The number of carbonyl (C=O) groups is 1. The summed E-state index contributed by atoms with van der Waals surface area (Å²) in [5.41, 5.74) is 1.77. The lowest BCUT2D eigenvalue weighted by Gasteiger charge is -2.23. The molecule has 4 rings (SSSR count). The van der Waals surface area contributed by atoms with E-state index in [0.29, 0.717) is 18.1 Å². The van der Waals surface area contributed by atoms with E-state index in [4.69, 9.17) is 9.47 Å². The Morgan fingerprint density at radius 1 is 1.17 bits per heavy atom. The van der Waals surface area contributed by atoms with Crippen molar-refractivity contribution in [2.45, 2.75) is 33.2 Å². The van der Waals surface area contributed by atoms with Crippen LogP contribution in [-0.4, -0.2) is 24.1 Å². The van der Waals surface area contributed by atoms with Gasteiger partial charge in [-0.05, 0) is 42.0 Å². The molecule has 152 valence electrons. The van der Waals surface area contributed by atoms with Gasteiger partial charge in [-0.15, -0.1) is 22.7 Å². The fourth-order valence-electron chi connectivity index (χ4n) is 3.33. The number of nitrogens with zero attached hydrogens (tertiary/aromatic N) is 1. The maximum Gasteiger partial charge on any atom is 0.263 e. The summed E-state index contributed by atoms with van der Waals surface area (Å²) in [6, 6.07) is 9.82. The minimum atomic E-state index is -0.133. The summed E-state index contributed by atoms with van der Waals surface area (Å²) >= 11 is 3.07. The summed E-state index contributed by atoms with van der Waals surface area (Å²) in [5.74, 6) is 1.63. The Morgan fingerprint density at radius 2 is 1.97 bits per heavy atom. The normalized spacial score (nSPS) is 14.5. The Hall–Kier alpha value is -2.38. The number of hydrogen-bond acceptors (Lipinski definition) is 6. The summed E-state index contributed by atoms with van der Waals surface area (Å²) in [6.45, 7) is 7.39. The van der Waals surface area contributed by atoms with Crippen molar-refractivity contribution in [3.63, 3.8) is 0 Å². The van der Waals surface area contributed by atoms with Gasteiger partial charge < -0.3 is 14.8 Å². The molecule has 7 heteroatoms. The minimum Gasteiger partial charge on any atom is -0.490 e. The Kier molecular flexibility index (Phi) is 5.87. The van der Waals surface area contributed by atoms with E-state index >= 15 is 0 Å². The Morgan fingerprint density at radius 3 is 2.69 bits per heavy atom. The second kappa shape index (κ2) is 8.55. The largest absolute Gasteiger partial charge is 0.490 e. The van der Waals surface area contributed by atoms with Crippen molar-refractivity contribution in [3.8, 4) is 21.4 Å². The first-order valence-electron chi connectivity index (χ1n) is 9.74. The van der Waals surface area contributed by atoms with Gasteiger partial charge in [0.25, 0.3) is 5.91 Å². The third kappa shape index (κ3) is 4.31. The molecule has 1 aromatic carbocycles. The zero-order valence-electron chi connectivity index (χ0n) is 16.7. The van der Waals surface area contributed by atoms with Gasteiger partial charge in [-0.1, -0.05) is 26.0 Å². The quantitative estimate of drug-likeness (QED) is 0.585. The van der Waals surface area contributed by atoms with Crippen molar-refractivity contribution in [2.24, 2.45) is 5.92 Å². The molecule has 0 radical (unpaired) electrons. The number of benzene rings is 1. The number of aromatic nitrogens is 1. The number of carbonyl (C=O) groups excluding carboxylic acids is 1. The lowest BCUT2D eigenvalue weighted by atomic mass is 9.95. The number of amides is 1. The summed E-state index contributed by atoms with van der Waals surface area (Å²) in [7, 11) is 0. The molecular formula is C22H24N2O3S2. The molecule has 1 N–H and O–H groups in total. The first-order chi connectivity index (χ1) is 14.0. The molecule has 0 spiro atoms. The predicted octanol–water partition coefficient (Wildman–Crippen LogP) is 5.47. The van der Waals surface area contributed by atoms with Gasteiger partial charge in [-0.25, -0.2) is 4.98 Å². The van der Waals surface area contributed by atoms with Crippen LogP contribution in [0.3, 0.4) is 0 Å². The van der Waals surface area contributed by atoms with Crippen LogP contribution in [0.2, 0.25) is 0 Å². The molecule has 0 fully saturated rings. The van der Waals surface area contributed by atoms with E-state index in [9.17, 15) is 4.79 Å².